The summed E-state index contributed by atoms with van der Waals surface area (Å²) >= 11 is 0. The molecule has 2 aromatic rings. The largest absolute Gasteiger partial charge is 0.368 e. The predicted octanol–water partition coefficient (Wildman–Crippen LogP) is 0.640. The number of carbonyl (C=O) groups excluding carboxylic acids is 2. The van der Waals surface area contributed by atoms with Crippen molar-refractivity contribution >= 4 is 11.8 Å². The lowest BCUT2D eigenvalue weighted by atomic mass is 10.1. The van der Waals surface area contributed by atoms with E-state index in [1.807, 2.05) is 0 Å². The minimum absolute atomic E-state index is 0.0669. The zero-order valence-corrected chi connectivity index (χ0v) is 11.4. The fourth-order valence-corrected chi connectivity index (χ4v) is 1.92. The Bertz CT molecular complexity index is 722. The summed E-state index contributed by atoms with van der Waals surface area (Å²) in [5.74, 6) is -1.35. The minimum Gasteiger partial charge on any atom is -0.368 e. The Hall–Kier alpha value is -2.89. The summed E-state index contributed by atoms with van der Waals surface area (Å²) in [6.07, 6.45) is 0. The topological polar surface area (TPSA) is 105 Å². The number of primary amides is 1. The first kappa shape index (κ1) is 14.5. The van der Waals surface area contributed by atoms with E-state index in [9.17, 15) is 14.4 Å². The third kappa shape index (κ3) is 3.36. The monoisotopic (exact) mass is 285 g/mol. The molecule has 108 valence electrons. The minimum atomic E-state index is -0.987. The molecule has 0 radical (unpaired) electrons. The number of hydrogen-bond acceptors (Lipinski definition) is 3. The Labute approximate surface area is 121 Å². The summed E-state index contributed by atoms with van der Waals surface area (Å²) in [6.45, 7) is 1.71. The molecular weight excluding hydrogens is 270 g/mol. The van der Waals surface area contributed by atoms with Crippen LogP contribution in [-0.4, -0.2) is 16.8 Å². The number of benzene rings is 1. The number of pyridine rings is 1. The van der Waals surface area contributed by atoms with E-state index in [1.54, 1.807) is 43.3 Å². The summed E-state index contributed by atoms with van der Waals surface area (Å²) in [7, 11) is 0. The van der Waals surface area contributed by atoms with Gasteiger partial charge in [0.15, 0.2) is 0 Å². The maximum atomic E-state index is 12.1. The molecule has 6 nitrogen and oxygen atoms in total. The Kier molecular flexibility index (Phi) is 4.18. The molecule has 4 N–H and O–H groups in total. The third-order valence-corrected chi connectivity index (χ3v) is 2.99. The number of H-pyrrole nitrogens is 1. The molecule has 2 amide bonds. The van der Waals surface area contributed by atoms with Gasteiger partial charge in [-0.05, 0) is 24.6 Å². The van der Waals surface area contributed by atoms with Crippen LogP contribution in [0.4, 0.5) is 0 Å². The quantitative estimate of drug-likeness (QED) is 0.767. The van der Waals surface area contributed by atoms with Crippen LogP contribution in [-0.2, 0) is 4.79 Å². The van der Waals surface area contributed by atoms with Gasteiger partial charge in [0, 0.05) is 5.69 Å². The van der Waals surface area contributed by atoms with Gasteiger partial charge in [0.1, 0.15) is 11.6 Å². The Balaban J connectivity index is 2.27. The maximum absolute atomic E-state index is 12.1. The highest BCUT2D eigenvalue weighted by molar-refractivity contribution is 5.97. The van der Waals surface area contributed by atoms with Crippen molar-refractivity contribution in [3.05, 3.63) is 69.6 Å². The van der Waals surface area contributed by atoms with Crippen molar-refractivity contribution < 1.29 is 9.59 Å². The molecule has 1 aromatic carbocycles. The van der Waals surface area contributed by atoms with Crippen molar-refractivity contribution in [3.63, 3.8) is 0 Å². The molecule has 1 aromatic heterocycles. The van der Waals surface area contributed by atoms with Gasteiger partial charge in [-0.25, -0.2) is 0 Å². The standard InChI is InChI=1S/C15H15N3O3/c1-9-7-8-11(14(20)17-9)15(21)18-12(13(16)19)10-5-3-2-4-6-10/h2-8,12H,1H3,(H2,16,19)(H,17,20)(H,18,21)/t12-/m1/s1. The van der Waals surface area contributed by atoms with Crippen LogP contribution in [0.5, 0.6) is 0 Å². The fourth-order valence-electron chi connectivity index (χ4n) is 1.92. The first-order valence-electron chi connectivity index (χ1n) is 6.34. The Morgan fingerprint density at radius 3 is 2.38 bits per heavy atom. The van der Waals surface area contributed by atoms with Crippen LogP contribution in [0.2, 0.25) is 0 Å². The molecule has 0 unspecified atom stereocenters. The lowest BCUT2D eigenvalue weighted by Gasteiger charge is -2.15. The molecule has 1 heterocycles. The molecule has 0 saturated heterocycles. The number of carbonyl (C=O) groups is 2. The van der Waals surface area contributed by atoms with Gasteiger partial charge in [0.25, 0.3) is 11.5 Å². The molecule has 0 saturated carbocycles. The fraction of sp³-hybridized carbons (Fsp3) is 0.133. The molecule has 0 spiro atoms. The van der Waals surface area contributed by atoms with Gasteiger partial charge in [0.2, 0.25) is 5.91 Å². The highest BCUT2D eigenvalue weighted by Crippen LogP contribution is 2.12. The molecule has 21 heavy (non-hydrogen) atoms. The number of nitrogens with two attached hydrogens (primary N) is 1. The van der Waals surface area contributed by atoms with Gasteiger partial charge in [-0.2, -0.15) is 0 Å². The van der Waals surface area contributed by atoms with E-state index in [0.29, 0.717) is 11.3 Å². The summed E-state index contributed by atoms with van der Waals surface area (Å²) in [6, 6.07) is 10.6. The van der Waals surface area contributed by atoms with E-state index in [-0.39, 0.29) is 5.56 Å². The zero-order chi connectivity index (χ0) is 15.4. The van der Waals surface area contributed by atoms with Crippen molar-refractivity contribution in [1.29, 1.82) is 0 Å². The summed E-state index contributed by atoms with van der Waals surface area (Å²) < 4.78 is 0. The molecule has 0 aliphatic rings. The lowest BCUT2D eigenvalue weighted by molar-refractivity contribution is -0.120. The number of aryl methyl sites for hydroxylation is 1. The second-order valence-corrected chi connectivity index (χ2v) is 4.60. The maximum Gasteiger partial charge on any atom is 0.260 e. The molecule has 0 aliphatic carbocycles. The third-order valence-electron chi connectivity index (χ3n) is 2.99. The van der Waals surface area contributed by atoms with E-state index in [2.05, 4.69) is 10.3 Å². The SMILES string of the molecule is Cc1ccc(C(=O)N[C@@H](C(N)=O)c2ccccc2)c(=O)[nH]1. The molecule has 0 aliphatic heterocycles. The Morgan fingerprint density at radius 2 is 1.81 bits per heavy atom. The van der Waals surface area contributed by atoms with E-state index >= 15 is 0 Å². The van der Waals surface area contributed by atoms with Crippen LogP contribution in [0.3, 0.4) is 0 Å². The average Bonchev–Trinajstić information content (AvgIpc) is 2.45. The highest BCUT2D eigenvalue weighted by atomic mass is 16.2. The predicted molar refractivity (Wildman–Crippen MR) is 77.6 cm³/mol. The molecular formula is C15H15N3O3. The number of rotatable bonds is 4. The smallest absolute Gasteiger partial charge is 0.260 e. The van der Waals surface area contributed by atoms with Crippen molar-refractivity contribution in [1.82, 2.24) is 10.3 Å². The van der Waals surface area contributed by atoms with Crippen molar-refractivity contribution in [3.8, 4) is 0 Å². The lowest BCUT2D eigenvalue weighted by Crippen LogP contribution is -2.39. The van der Waals surface area contributed by atoms with Gasteiger partial charge in [-0.3, -0.25) is 14.4 Å². The molecule has 6 heteroatoms. The van der Waals surface area contributed by atoms with Gasteiger partial charge in [-0.15, -0.1) is 0 Å². The zero-order valence-electron chi connectivity index (χ0n) is 11.4. The number of aromatic nitrogens is 1. The number of amides is 2. The normalized spacial score (nSPS) is 11.7. The second-order valence-electron chi connectivity index (χ2n) is 4.60. The number of aromatic amines is 1. The second kappa shape index (κ2) is 6.04. The van der Waals surface area contributed by atoms with Crippen LogP contribution in [0.15, 0.2) is 47.3 Å². The van der Waals surface area contributed by atoms with E-state index in [1.165, 1.54) is 6.07 Å². The highest BCUT2D eigenvalue weighted by Gasteiger charge is 2.21. The van der Waals surface area contributed by atoms with Crippen molar-refractivity contribution in [2.24, 2.45) is 5.73 Å². The molecule has 0 fully saturated rings. The molecule has 2 rings (SSSR count). The van der Waals surface area contributed by atoms with Crippen LogP contribution < -0.4 is 16.6 Å². The van der Waals surface area contributed by atoms with Gasteiger partial charge in [0.05, 0.1) is 0 Å². The van der Waals surface area contributed by atoms with E-state index in [4.69, 9.17) is 5.73 Å². The van der Waals surface area contributed by atoms with E-state index in [0.717, 1.165) is 0 Å². The van der Waals surface area contributed by atoms with Crippen molar-refractivity contribution in [2.45, 2.75) is 13.0 Å². The van der Waals surface area contributed by atoms with Crippen molar-refractivity contribution in [2.75, 3.05) is 0 Å². The van der Waals surface area contributed by atoms with Crippen LogP contribution in [0, 0.1) is 6.92 Å². The van der Waals surface area contributed by atoms with Crippen LogP contribution in [0.1, 0.15) is 27.7 Å². The number of hydrogen-bond donors (Lipinski definition) is 3. The van der Waals surface area contributed by atoms with Gasteiger partial charge < -0.3 is 16.0 Å². The van der Waals surface area contributed by atoms with E-state index < -0.39 is 23.4 Å². The number of nitrogens with one attached hydrogen (secondary N) is 2. The molecule has 1 atom stereocenters. The Morgan fingerprint density at radius 1 is 1.14 bits per heavy atom. The average molecular weight is 285 g/mol. The van der Waals surface area contributed by atoms with Crippen LogP contribution >= 0.6 is 0 Å². The first-order chi connectivity index (χ1) is 9.99. The first-order valence-corrected chi connectivity index (χ1v) is 6.34. The van der Waals surface area contributed by atoms with Gasteiger partial charge >= 0.3 is 0 Å². The summed E-state index contributed by atoms with van der Waals surface area (Å²) in [5, 5.41) is 2.48. The summed E-state index contributed by atoms with van der Waals surface area (Å²) in [5.41, 5.74) is 5.94. The van der Waals surface area contributed by atoms with Crippen LogP contribution in [0.25, 0.3) is 0 Å². The summed E-state index contributed by atoms with van der Waals surface area (Å²) in [4.78, 5) is 37.9. The molecule has 0 bridgehead atoms. The van der Waals surface area contributed by atoms with Gasteiger partial charge in [-0.1, -0.05) is 30.3 Å².